The maximum absolute atomic E-state index is 11.9. The minimum atomic E-state index is -0.667. The second-order valence-electron chi connectivity index (χ2n) is 3.76. The number of carbonyl (C=O) groups is 1. The Balaban J connectivity index is 2.29. The maximum atomic E-state index is 11.9. The van der Waals surface area contributed by atoms with Gasteiger partial charge in [0.25, 0.3) is 5.91 Å². The first-order valence-corrected chi connectivity index (χ1v) is 5.76. The van der Waals surface area contributed by atoms with Gasteiger partial charge in [-0.05, 0) is 13.0 Å². The molecule has 2 heterocycles. The third kappa shape index (κ3) is 3.04. The molecule has 2 aromatic rings. The lowest BCUT2D eigenvalue weighted by Crippen LogP contribution is -2.16. The number of carbonyl (C=O) groups excluding carboxylic acids is 1. The van der Waals surface area contributed by atoms with Crippen molar-refractivity contribution in [1.29, 1.82) is 0 Å². The molecule has 1 amide bonds. The third-order valence-electron chi connectivity index (χ3n) is 2.28. The molecule has 0 aliphatic carbocycles. The number of rotatable bonds is 3. The first kappa shape index (κ1) is 13.8. The zero-order valence-electron chi connectivity index (χ0n) is 10.2. The number of aromatic nitrogens is 3. The Kier molecular flexibility index (Phi) is 3.85. The first-order valence-electron chi connectivity index (χ1n) is 5.38. The monoisotopic (exact) mass is 293 g/mol. The normalized spacial score (nSPS) is 10.1. The van der Waals surface area contributed by atoms with Crippen molar-refractivity contribution in [2.45, 2.75) is 6.92 Å². The summed E-state index contributed by atoms with van der Waals surface area (Å²) in [5.41, 5.74) is 0.308. The Morgan fingerprint density at radius 2 is 2.10 bits per heavy atom. The van der Waals surface area contributed by atoms with Crippen LogP contribution in [0.25, 0.3) is 0 Å². The minimum Gasteiger partial charge on any atom is -0.299 e. The highest BCUT2D eigenvalue weighted by atomic mass is 35.5. The fraction of sp³-hybridized carbons (Fsp3) is 0.0909. The van der Waals surface area contributed by atoms with Crippen molar-refractivity contribution < 1.29 is 9.72 Å². The highest BCUT2D eigenvalue weighted by Crippen LogP contribution is 2.24. The number of hydrogen-bond donors (Lipinski definition) is 1. The molecule has 0 bridgehead atoms. The highest BCUT2D eigenvalue weighted by molar-refractivity contribution is 6.29. The van der Waals surface area contributed by atoms with Crippen LogP contribution in [0.1, 0.15) is 16.2 Å². The number of aryl methyl sites for hydroxylation is 1. The third-order valence-corrected chi connectivity index (χ3v) is 2.49. The van der Waals surface area contributed by atoms with Gasteiger partial charge in [0.2, 0.25) is 5.82 Å². The largest absolute Gasteiger partial charge is 0.311 e. The zero-order valence-corrected chi connectivity index (χ0v) is 11.0. The molecule has 0 fully saturated rings. The van der Waals surface area contributed by atoms with Gasteiger partial charge in [0.1, 0.15) is 10.8 Å². The van der Waals surface area contributed by atoms with Crippen LogP contribution in [0.4, 0.5) is 11.5 Å². The van der Waals surface area contributed by atoms with Crippen molar-refractivity contribution in [2.24, 2.45) is 0 Å². The Morgan fingerprint density at radius 3 is 2.70 bits per heavy atom. The number of anilines is 1. The van der Waals surface area contributed by atoms with E-state index in [1.807, 2.05) is 0 Å². The summed E-state index contributed by atoms with van der Waals surface area (Å²) in [5, 5.41) is 13.2. The molecular formula is C11H8ClN5O3. The number of halogens is 1. The fourth-order valence-corrected chi connectivity index (χ4v) is 1.50. The molecule has 2 aromatic heterocycles. The summed E-state index contributed by atoms with van der Waals surface area (Å²) in [6, 6.07) is 2.42. The summed E-state index contributed by atoms with van der Waals surface area (Å²) in [4.78, 5) is 33.6. The van der Waals surface area contributed by atoms with Crippen LogP contribution in [0.2, 0.25) is 5.15 Å². The van der Waals surface area contributed by atoms with Gasteiger partial charge in [0, 0.05) is 12.3 Å². The van der Waals surface area contributed by atoms with E-state index in [4.69, 9.17) is 11.6 Å². The lowest BCUT2D eigenvalue weighted by Gasteiger charge is -2.04. The molecule has 0 saturated carbocycles. The number of nitrogens with zero attached hydrogens (tertiary/aromatic N) is 4. The van der Waals surface area contributed by atoms with E-state index in [0.29, 0.717) is 5.69 Å². The van der Waals surface area contributed by atoms with Crippen molar-refractivity contribution in [2.75, 3.05) is 5.32 Å². The standard InChI is InChI=1S/C11H8ClN5O3/c1-6-4-14-7(5-13-6)11(18)16-10-8(17(19)20)2-3-9(12)15-10/h2-5H,1H3,(H,15,16,18). The van der Waals surface area contributed by atoms with E-state index in [2.05, 4.69) is 20.3 Å². The van der Waals surface area contributed by atoms with Gasteiger partial charge in [-0.3, -0.25) is 25.2 Å². The van der Waals surface area contributed by atoms with Crippen molar-refractivity contribution in [1.82, 2.24) is 15.0 Å². The van der Waals surface area contributed by atoms with Crippen molar-refractivity contribution in [3.63, 3.8) is 0 Å². The number of nitro groups is 1. The van der Waals surface area contributed by atoms with E-state index in [1.165, 1.54) is 18.5 Å². The SMILES string of the molecule is Cc1cnc(C(=O)Nc2nc(Cl)ccc2[N+](=O)[O-])cn1. The molecule has 0 radical (unpaired) electrons. The Hall–Kier alpha value is -2.61. The minimum absolute atomic E-state index is 0.0201. The highest BCUT2D eigenvalue weighted by Gasteiger charge is 2.19. The van der Waals surface area contributed by atoms with E-state index < -0.39 is 10.8 Å². The molecular weight excluding hydrogens is 286 g/mol. The zero-order chi connectivity index (χ0) is 14.7. The van der Waals surface area contributed by atoms with Gasteiger partial charge >= 0.3 is 5.69 Å². The summed E-state index contributed by atoms with van der Waals surface area (Å²) in [5.74, 6) is -0.898. The molecule has 9 heteroatoms. The maximum Gasteiger partial charge on any atom is 0.311 e. The molecule has 20 heavy (non-hydrogen) atoms. The summed E-state index contributed by atoms with van der Waals surface area (Å²) in [7, 11) is 0. The molecule has 0 spiro atoms. The molecule has 0 saturated heterocycles. The average Bonchev–Trinajstić information content (AvgIpc) is 2.39. The molecule has 0 unspecified atom stereocenters. The molecule has 0 aromatic carbocycles. The van der Waals surface area contributed by atoms with E-state index in [9.17, 15) is 14.9 Å². The predicted octanol–water partition coefficient (Wildman–Crippen LogP) is 1.99. The topological polar surface area (TPSA) is 111 Å². The molecule has 0 aliphatic rings. The van der Waals surface area contributed by atoms with Gasteiger partial charge in [0.05, 0.1) is 16.8 Å². The van der Waals surface area contributed by atoms with E-state index in [0.717, 1.165) is 6.07 Å². The molecule has 0 atom stereocenters. The van der Waals surface area contributed by atoms with Crippen LogP contribution in [0, 0.1) is 17.0 Å². The van der Waals surface area contributed by atoms with Crippen LogP contribution < -0.4 is 5.32 Å². The summed E-state index contributed by atoms with van der Waals surface area (Å²) >= 11 is 5.66. The van der Waals surface area contributed by atoms with E-state index in [1.54, 1.807) is 6.92 Å². The number of amides is 1. The molecule has 2 rings (SSSR count). The lowest BCUT2D eigenvalue weighted by atomic mass is 10.3. The fourth-order valence-electron chi connectivity index (χ4n) is 1.35. The van der Waals surface area contributed by atoms with Crippen LogP contribution >= 0.6 is 11.6 Å². The Labute approximate surface area is 118 Å². The lowest BCUT2D eigenvalue weighted by molar-refractivity contribution is -0.384. The smallest absolute Gasteiger partial charge is 0.299 e. The summed E-state index contributed by atoms with van der Waals surface area (Å²) in [6.45, 7) is 1.72. The molecule has 0 aliphatic heterocycles. The predicted molar refractivity (Wildman–Crippen MR) is 70.6 cm³/mol. The van der Waals surface area contributed by atoms with Crippen LogP contribution in [0.5, 0.6) is 0 Å². The van der Waals surface area contributed by atoms with Gasteiger partial charge in [-0.15, -0.1) is 0 Å². The van der Waals surface area contributed by atoms with Gasteiger partial charge in [-0.25, -0.2) is 9.97 Å². The van der Waals surface area contributed by atoms with E-state index in [-0.39, 0.29) is 22.4 Å². The Morgan fingerprint density at radius 1 is 1.35 bits per heavy atom. The molecule has 102 valence electrons. The van der Waals surface area contributed by atoms with Crippen LogP contribution in [-0.4, -0.2) is 25.8 Å². The van der Waals surface area contributed by atoms with Crippen LogP contribution in [0.3, 0.4) is 0 Å². The van der Waals surface area contributed by atoms with Crippen molar-refractivity contribution >= 4 is 29.0 Å². The van der Waals surface area contributed by atoms with Gasteiger partial charge in [-0.1, -0.05) is 11.6 Å². The summed E-state index contributed by atoms with van der Waals surface area (Å²) < 4.78 is 0. The Bertz CT molecular complexity index is 674. The van der Waals surface area contributed by atoms with Crippen molar-refractivity contribution in [3.05, 3.63) is 51.2 Å². The molecule has 8 nitrogen and oxygen atoms in total. The van der Waals surface area contributed by atoms with E-state index >= 15 is 0 Å². The number of nitrogens with one attached hydrogen (secondary N) is 1. The number of pyridine rings is 1. The van der Waals surface area contributed by atoms with Crippen LogP contribution in [-0.2, 0) is 0 Å². The van der Waals surface area contributed by atoms with Crippen LogP contribution in [0.15, 0.2) is 24.5 Å². The second-order valence-corrected chi connectivity index (χ2v) is 4.14. The van der Waals surface area contributed by atoms with Crippen molar-refractivity contribution in [3.8, 4) is 0 Å². The summed E-state index contributed by atoms with van der Waals surface area (Å²) in [6.07, 6.45) is 2.68. The quantitative estimate of drug-likeness (QED) is 0.526. The molecule has 1 N–H and O–H groups in total. The average molecular weight is 294 g/mol. The van der Waals surface area contributed by atoms with Gasteiger partial charge in [-0.2, -0.15) is 0 Å². The van der Waals surface area contributed by atoms with Gasteiger partial charge < -0.3 is 0 Å². The number of hydrogen-bond acceptors (Lipinski definition) is 6. The second kappa shape index (κ2) is 5.57. The van der Waals surface area contributed by atoms with Gasteiger partial charge in [0.15, 0.2) is 0 Å². The first-order chi connectivity index (χ1) is 9.47.